The Morgan fingerprint density at radius 3 is 2.45 bits per heavy atom. The lowest BCUT2D eigenvalue weighted by molar-refractivity contribution is 0.415. The number of fused-ring (bicyclic) bond motifs is 1. The van der Waals surface area contributed by atoms with Gasteiger partial charge >= 0.3 is 0 Å². The van der Waals surface area contributed by atoms with Crippen molar-refractivity contribution in [3.05, 3.63) is 71.1 Å². The normalized spacial score (nSPS) is 11.2. The van der Waals surface area contributed by atoms with E-state index in [-0.39, 0.29) is 0 Å². The summed E-state index contributed by atoms with van der Waals surface area (Å²) in [6.45, 7) is 0. The highest BCUT2D eigenvalue weighted by atomic mass is 35.5. The zero-order valence-corrected chi connectivity index (χ0v) is 19.0. The molecule has 3 heterocycles. The average Bonchev–Trinajstić information content (AvgIpc) is 3.38. The van der Waals surface area contributed by atoms with Crippen molar-refractivity contribution in [1.82, 2.24) is 19.5 Å². The third-order valence-corrected chi connectivity index (χ3v) is 6.75. The SMILES string of the molecule is COc1ccc(-c2c(-c3ccccc3Cl)sc3nc(-c4nccn4C)nc(Cl)c23)cc1. The van der Waals surface area contributed by atoms with Crippen molar-refractivity contribution in [2.45, 2.75) is 0 Å². The van der Waals surface area contributed by atoms with Crippen LogP contribution in [0.2, 0.25) is 10.2 Å². The zero-order chi connectivity index (χ0) is 21.5. The Bertz CT molecular complexity index is 1410. The highest BCUT2D eigenvalue weighted by molar-refractivity contribution is 7.22. The summed E-state index contributed by atoms with van der Waals surface area (Å²) in [4.78, 5) is 15.5. The summed E-state index contributed by atoms with van der Waals surface area (Å²) < 4.78 is 7.19. The standard InChI is InChI=1S/C23H16Cl2N4OS/c1-29-12-11-26-22(29)21-27-20(25)18-17(13-7-9-14(30-2)10-8-13)19(31-23(18)28-21)15-5-3-4-6-16(15)24/h3-12H,1-2H3. The Morgan fingerprint density at radius 2 is 1.77 bits per heavy atom. The maximum Gasteiger partial charge on any atom is 0.198 e. The quantitative estimate of drug-likeness (QED) is 0.275. The van der Waals surface area contributed by atoms with Crippen LogP contribution < -0.4 is 4.74 Å². The first-order valence-corrected chi connectivity index (χ1v) is 11.0. The van der Waals surface area contributed by atoms with E-state index in [2.05, 4.69) is 9.97 Å². The Hall–Kier alpha value is -2.93. The minimum atomic E-state index is 0.378. The molecule has 5 nitrogen and oxygen atoms in total. The van der Waals surface area contributed by atoms with E-state index in [4.69, 9.17) is 32.9 Å². The van der Waals surface area contributed by atoms with Crippen LogP contribution in [0.15, 0.2) is 60.9 Å². The lowest BCUT2D eigenvalue weighted by Gasteiger charge is -2.09. The predicted molar refractivity (Wildman–Crippen MR) is 127 cm³/mol. The van der Waals surface area contributed by atoms with Crippen LogP contribution in [0, 0.1) is 0 Å². The fourth-order valence-corrected chi connectivity index (χ4v) is 5.35. The summed E-state index contributed by atoms with van der Waals surface area (Å²) in [5, 5.41) is 1.84. The Morgan fingerprint density at radius 1 is 1.00 bits per heavy atom. The highest BCUT2D eigenvalue weighted by Gasteiger charge is 2.23. The average molecular weight is 467 g/mol. The molecule has 0 aliphatic carbocycles. The molecule has 0 saturated heterocycles. The summed E-state index contributed by atoms with van der Waals surface area (Å²) in [6, 6.07) is 15.6. The van der Waals surface area contributed by atoms with Gasteiger partial charge in [-0.3, -0.25) is 0 Å². The molecule has 0 N–H and O–H groups in total. The van der Waals surface area contributed by atoms with E-state index < -0.39 is 0 Å². The van der Waals surface area contributed by atoms with Crippen LogP contribution in [0.5, 0.6) is 5.75 Å². The van der Waals surface area contributed by atoms with Crippen molar-refractivity contribution in [3.8, 4) is 39.0 Å². The van der Waals surface area contributed by atoms with Crippen LogP contribution in [0.3, 0.4) is 0 Å². The topological polar surface area (TPSA) is 52.8 Å². The lowest BCUT2D eigenvalue weighted by Crippen LogP contribution is -1.97. The fraction of sp³-hybridized carbons (Fsp3) is 0.0870. The van der Waals surface area contributed by atoms with Gasteiger partial charge in [0, 0.05) is 40.5 Å². The van der Waals surface area contributed by atoms with Crippen LogP contribution in [0.1, 0.15) is 0 Å². The Kier molecular flexibility index (Phi) is 5.14. The molecule has 31 heavy (non-hydrogen) atoms. The minimum Gasteiger partial charge on any atom is -0.497 e. The summed E-state index contributed by atoms with van der Waals surface area (Å²) in [7, 11) is 3.55. The van der Waals surface area contributed by atoms with Crippen LogP contribution in [-0.4, -0.2) is 26.6 Å². The molecule has 3 aromatic heterocycles. The van der Waals surface area contributed by atoms with Crippen molar-refractivity contribution in [2.24, 2.45) is 7.05 Å². The van der Waals surface area contributed by atoms with Crippen LogP contribution >= 0.6 is 34.5 Å². The van der Waals surface area contributed by atoms with Gasteiger partial charge in [-0.15, -0.1) is 11.3 Å². The molecule has 0 aliphatic heterocycles. The number of aryl methyl sites for hydroxylation is 1. The van der Waals surface area contributed by atoms with Gasteiger partial charge in [-0.25, -0.2) is 15.0 Å². The molecule has 0 atom stereocenters. The van der Waals surface area contributed by atoms with Crippen molar-refractivity contribution in [1.29, 1.82) is 0 Å². The van der Waals surface area contributed by atoms with Gasteiger partial charge in [0.2, 0.25) is 0 Å². The van der Waals surface area contributed by atoms with Gasteiger partial charge in [0.15, 0.2) is 11.6 Å². The third-order valence-electron chi connectivity index (χ3n) is 5.03. The summed E-state index contributed by atoms with van der Waals surface area (Å²) in [5.41, 5.74) is 2.86. The van der Waals surface area contributed by atoms with E-state index in [0.717, 1.165) is 37.5 Å². The number of hydrogen-bond donors (Lipinski definition) is 0. The van der Waals surface area contributed by atoms with Crippen LogP contribution in [-0.2, 0) is 7.05 Å². The van der Waals surface area contributed by atoms with Crippen molar-refractivity contribution < 1.29 is 4.74 Å². The maximum absolute atomic E-state index is 6.75. The summed E-state index contributed by atoms with van der Waals surface area (Å²) in [5.74, 6) is 1.92. The number of imidazole rings is 1. The van der Waals surface area contributed by atoms with Crippen LogP contribution in [0.4, 0.5) is 0 Å². The second kappa shape index (κ2) is 7.96. The second-order valence-corrected chi connectivity index (χ2v) is 8.66. The number of halogens is 2. The Labute approximate surface area is 192 Å². The monoisotopic (exact) mass is 466 g/mol. The molecule has 0 amide bonds. The largest absolute Gasteiger partial charge is 0.497 e. The van der Waals surface area contributed by atoms with Gasteiger partial charge in [-0.1, -0.05) is 53.5 Å². The number of methoxy groups -OCH3 is 1. The molecular weight excluding hydrogens is 451 g/mol. The first-order valence-electron chi connectivity index (χ1n) is 9.44. The van der Waals surface area contributed by atoms with E-state index >= 15 is 0 Å². The molecule has 8 heteroatoms. The van der Waals surface area contributed by atoms with Gasteiger partial charge in [0.05, 0.1) is 12.5 Å². The highest BCUT2D eigenvalue weighted by Crippen LogP contribution is 2.48. The number of nitrogens with zero attached hydrogens (tertiary/aromatic N) is 4. The minimum absolute atomic E-state index is 0.378. The smallest absolute Gasteiger partial charge is 0.198 e. The van der Waals surface area contributed by atoms with Gasteiger partial charge in [0.25, 0.3) is 0 Å². The molecule has 5 aromatic rings. The van der Waals surface area contributed by atoms with Gasteiger partial charge in [-0.05, 0) is 23.8 Å². The van der Waals surface area contributed by atoms with Crippen molar-refractivity contribution in [2.75, 3.05) is 7.11 Å². The molecule has 0 saturated carbocycles. The molecule has 0 unspecified atom stereocenters. The molecule has 0 aliphatic rings. The molecule has 0 radical (unpaired) electrons. The van der Waals surface area contributed by atoms with E-state index in [0.29, 0.717) is 21.8 Å². The first kappa shape index (κ1) is 20.0. The van der Waals surface area contributed by atoms with Crippen molar-refractivity contribution >= 4 is 44.8 Å². The molecule has 2 aromatic carbocycles. The number of thiophene rings is 1. The number of hydrogen-bond acceptors (Lipinski definition) is 5. The number of aromatic nitrogens is 4. The lowest BCUT2D eigenvalue weighted by atomic mass is 10.00. The van der Waals surface area contributed by atoms with Gasteiger partial charge < -0.3 is 9.30 Å². The first-order chi connectivity index (χ1) is 15.1. The van der Waals surface area contributed by atoms with E-state index in [9.17, 15) is 0 Å². The predicted octanol–water partition coefficient (Wildman–Crippen LogP) is 6.74. The zero-order valence-electron chi connectivity index (χ0n) is 16.6. The van der Waals surface area contributed by atoms with Gasteiger partial charge in [-0.2, -0.15) is 0 Å². The molecular formula is C23H16Cl2N4OS. The Balaban J connectivity index is 1.82. The maximum atomic E-state index is 6.75. The molecule has 0 fully saturated rings. The summed E-state index contributed by atoms with van der Waals surface area (Å²) in [6.07, 6.45) is 3.56. The van der Waals surface area contributed by atoms with E-state index in [1.807, 2.05) is 66.3 Å². The molecule has 0 spiro atoms. The van der Waals surface area contributed by atoms with Gasteiger partial charge in [0.1, 0.15) is 15.7 Å². The number of ether oxygens (including phenoxy) is 1. The van der Waals surface area contributed by atoms with E-state index in [1.165, 1.54) is 11.3 Å². The number of benzene rings is 2. The number of rotatable bonds is 4. The fourth-order valence-electron chi connectivity index (χ4n) is 3.51. The molecule has 0 bridgehead atoms. The summed E-state index contributed by atoms with van der Waals surface area (Å²) >= 11 is 14.9. The molecule has 154 valence electrons. The third kappa shape index (κ3) is 3.47. The second-order valence-electron chi connectivity index (χ2n) is 6.89. The van der Waals surface area contributed by atoms with E-state index in [1.54, 1.807) is 13.3 Å². The van der Waals surface area contributed by atoms with Crippen LogP contribution in [0.25, 0.3) is 43.4 Å². The molecule has 5 rings (SSSR count). The van der Waals surface area contributed by atoms with Crippen molar-refractivity contribution in [3.63, 3.8) is 0 Å².